The zero-order valence-corrected chi connectivity index (χ0v) is 13.9. The standard InChI is InChI=1S/C16H29NO5/c1-16(2,3)22-15(20)17-9-5-4-6-13(14(18)19)12-7-10-21-11-8-12/h12-13H,4-11H2,1-3H3,(H,17,20)(H,18,19). The van der Waals surface area contributed by atoms with Gasteiger partial charge in [0.05, 0.1) is 5.92 Å². The molecule has 0 aliphatic carbocycles. The maximum Gasteiger partial charge on any atom is 0.407 e. The Balaban J connectivity index is 2.20. The van der Waals surface area contributed by atoms with Crippen LogP contribution in [0.4, 0.5) is 4.79 Å². The Bertz CT molecular complexity index is 358. The number of unbranched alkanes of at least 4 members (excludes halogenated alkanes) is 1. The van der Waals surface area contributed by atoms with Crippen LogP contribution in [-0.4, -0.2) is 42.5 Å². The predicted octanol–water partition coefficient (Wildman–Crippen LogP) is 2.81. The van der Waals surface area contributed by atoms with Crippen molar-refractivity contribution in [2.75, 3.05) is 19.8 Å². The lowest BCUT2D eigenvalue weighted by Gasteiger charge is -2.27. The zero-order chi connectivity index (χ0) is 16.6. The number of nitrogens with one attached hydrogen (secondary N) is 1. The molecule has 1 fully saturated rings. The summed E-state index contributed by atoms with van der Waals surface area (Å²) in [6.45, 7) is 7.28. The summed E-state index contributed by atoms with van der Waals surface area (Å²) in [5.74, 6) is -0.803. The molecule has 1 heterocycles. The van der Waals surface area contributed by atoms with Crippen LogP contribution in [-0.2, 0) is 14.3 Å². The van der Waals surface area contributed by atoms with Gasteiger partial charge in [0.2, 0.25) is 0 Å². The highest BCUT2D eigenvalue weighted by atomic mass is 16.6. The number of carboxylic acids is 1. The van der Waals surface area contributed by atoms with Crippen LogP contribution in [0.2, 0.25) is 0 Å². The molecule has 0 radical (unpaired) electrons. The van der Waals surface area contributed by atoms with Crippen molar-refractivity contribution in [3.8, 4) is 0 Å². The van der Waals surface area contributed by atoms with Crippen molar-refractivity contribution in [1.29, 1.82) is 0 Å². The van der Waals surface area contributed by atoms with E-state index < -0.39 is 17.7 Å². The monoisotopic (exact) mass is 315 g/mol. The lowest BCUT2D eigenvalue weighted by atomic mass is 9.83. The number of ether oxygens (including phenoxy) is 2. The van der Waals surface area contributed by atoms with E-state index in [1.807, 2.05) is 20.8 Å². The van der Waals surface area contributed by atoms with Crippen LogP contribution in [0.15, 0.2) is 0 Å². The molecule has 1 rings (SSSR count). The molecule has 0 spiro atoms. The van der Waals surface area contributed by atoms with Crippen LogP contribution in [0.25, 0.3) is 0 Å². The van der Waals surface area contributed by atoms with Gasteiger partial charge in [-0.25, -0.2) is 4.79 Å². The number of rotatable bonds is 7. The molecular formula is C16H29NO5. The van der Waals surface area contributed by atoms with Gasteiger partial charge in [-0.2, -0.15) is 0 Å². The molecule has 0 aromatic heterocycles. The average Bonchev–Trinajstić information content (AvgIpc) is 2.41. The SMILES string of the molecule is CC(C)(C)OC(=O)NCCCCC(C(=O)O)C1CCOCC1. The van der Waals surface area contributed by atoms with Crippen LogP contribution >= 0.6 is 0 Å². The maximum atomic E-state index is 11.5. The second-order valence-electron chi connectivity index (χ2n) is 6.82. The molecule has 0 aromatic carbocycles. The highest BCUT2D eigenvalue weighted by Crippen LogP contribution is 2.28. The van der Waals surface area contributed by atoms with Crippen LogP contribution in [0.5, 0.6) is 0 Å². The summed E-state index contributed by atoms with van der Waals surface area (Å²) in [5.41, 5.74) is -0.498. The molecule has 1 atom stereocenters. The fraction of sp³-hybridized carbons (Fsp3) is 0.875. The van der Waals surface area contributed by atoms with Crippen molar-refractivity contribution >= 4 is 12.1 Å². The first-order valence-electron chi connectivity index (χ1n) is 8.07. The molecule has 1 unspecified atom stereocenters. The van der Waals surface area contributed by atoms with Crippen molar-refractivity contribution in [1.82, 2.24) is 5.32 Å². The van der Waals surface area contributed by atoms with Crippen LogP contribution < -0.4 is 5.32 Å². The van der Waals surface area contributed by atoms with Gasteiger partial charge < -0.3 is 19.9 Å². The molecular weight excluding hydrogens is 286 g/mol. The van der Waals surface area contributed by atoms with Gasteiger partial charge >= 0.3 is 12.1 Å². The first kappa shape index (κ1) is 18.7. The summed E-state index contributed by atoms with van der Waals surface area (Å²) in [5, 5.41) is 12.1. The van der Waals surface area contributed by atoms with E-state index in [-0.39, 0.29) is 11.8 Å². The number of hydrogen-bond donors (Lipinski definition) is 2. The van der Waals surface area contributed by atoms with Crippen molar-refractivity contribution in [3.05, 3.63) is 0 Å². The normalized spacial score (nSPS) is 17.8. The molecule has 22 heavy (non-hydrogen) atoms. The number of aliphatic carboxylic acids is 1. The predicted molar refractivity (Wildman–Crippen MR) is 82.8 cm³/mol. The van der Waals surface area contributed by atoms with Crippen LogP contribution in [0.1, 0.15) is 52.9 Å². The van der Waals surface area contributed by atoms with E-state index >= 15 is 0 Å². The Hall–Kier alpha value is -1.30. The Morgan fingerprint density at radius 2 is 1.91 bits per heavy atom. The maximum absolute atomic E-state index is 11.5. The van der Waals surface area contributed by atoms with Crippen LogP contribution in [0, 0.1) is 11.8 Å². The second kappa shape index (κ2) is 8.98. The number of amides is 1. The lowest BCUT2D eigenvalue weighted by molar-refractivity contribution is -0.145. The van der Waals surface area contributed by atoms with Gasteiger partial charge in [0.25, 0.3) is 0 Å². The van der Waals surface area contributed by atoms with E-state index in [4.69, 9.17) is 9.47 Å². The van der Waals surface area contributed by atoms with Crippen LogP contribution in [0.3, 0.4) is 0 Å². The topological polar surface area (TPSA) is 84.9 Å². The van der Waals surface area contributed by atoms with E-state index in [9.17, 15) is 14.7 Å². The Labute approximate surface area is 132 Å². The Morgan fingerprint density at radius 3 is 2.45 bits per heavy atom. The molecule has 1 saturated heterocycles. The molecule has 0 aromatic rings. The summed E-state index contributed by atoms with van der Waals surface area (Å²) >= 11 is 0. The van der Waals surface area contributed by atoms with Gasteiger partial charge in [-0.1, -0.05) is 6.42 Å². The van der Waals surface area contributed by atoms with E-state index in [1.54, 1.807) is 0 Å². The fourth-order valence-corrected chi connectivity index (χ4v) is 2.67. The number of carboxylic acid groups (broad SMARTS) is 1. The number of carbonyl (C=O) groups excluding carboxylic acids is 1. The van der Waals surface area contributed by atoms with E-state index in [2.05, 4.69) is 5.32 Å². The van der Waals surface area contributed by atoms with Crippen molar-refractivity contribution in [2.45, 2.75) is 58.5 Å². The third-order valence-corrected chi connectivity index (χ3v) is 3.76. The summed E-state index contributed by atoms with van der Waals surface area (Å²) in [6, 6.07) is 0. The summed E-state index contributed by atoms with van der Waals surface area (Å²) < 4.78 is 10.4. The van der Waals surface area contributed by atoms with Gasteiger partial charge in [-0.15, -0.1) is 0 Å². The fourth-order valence-electron chi connectivity index (χ4n) is 2.67. The number of alkyl carbamates (subject to hydrolysis) is 1. The smallest absolute Gasteiger partial charge is 0.407 e. The van der Waals surface area contributed by atoms with Gasteiger partial charge in [0.1, 0.15) is 5.60 Å². The quantitative estimate of drug-likeness (QED) is 0.706. The van der Waals surface area contributed by atoms with E-state index in [0.717, 1.165) is 25.7 Å². The highest BCUT2D eigenvalue weighted by molar-refractivity contribution is 5.70. The second-order valence-corrected chi connectivity index (χ2v) is 6.82. The van der Waals surface area contributed by atoms with Crippen molar-refractivity contribution < 1.29 is 24.2 Å². The molecule has 128 valence electrons. The van der Waals surface area contributed by atoms with Gasteiger partial charge in [-0.05, 0) is 52.4 Å². The lowest BCUT2D eigenvalue weighted by Crippen LogP contribution is -2.33. The summed E-state index contributed by atoms with van der Waals surface area (Å²) in [6.07, 6.45) is 3.42. The first-order valence-corrected chi connectivity index (χ1v) is 8.07. The average molecular weight is 315 g/mol. The first-order chi connectivity index (χ1) is 10.3. The zero-order valence-electron chi connectivity index (χ0n) is 13.9. The molecule has 2 N–H and O–H groups in total. The molecule has 6 heteroatoms. The minimum absolute atomic E-state index is 0.213. The third-order valence-electron chi connectivity index (χ3n) is 3.76. The molecule has 1 amide bonds. The molecule has 6 nitrogen and oxygen atoms in total. The minimum Gasteiger partial charge on any atom is -0.481 e. The van der Waals surface area contributed by atoms with Gasteiger partial charge in [0, 0.05) is 19.8 Å². The minimum atomic E-state index is -0.716. The Kier molecular flexibility index (Phi) is 7.65. The molecule has 0 bridgehead atoms. The van der Waals surface area contributed by atoms with Gasteiger partial charge in [0.15, 0.2) is 0 Å². The number of hydrogen-bond acceptors (Lipinski definition) is 4. The largest absolute Gasteiger partial charge is 0.481 e. The molecule has 1 aliphatic rings. The van der Waals surface area contributed by atoms with Crippen molar-refractivity contribution in [2.24, 2.45) is 11.8 Å². The van der Waals surface area contributed by atoms with E-state index in [1.165, 1.54) is 0 Å². The van der Waals surface area contributed by atoms with E-state index in [0.29, 0.717) is 26.2 Å². The summed E-state index contributed by atoms with van der Waals surface area (Å²) in [4.78, 5) is 22.9. The van der Waals surface area contributed by atoms with Gasteiger partial charge in [-0.3, -0.25) is 4.79 Å². The highest BCUT2D eigenvalue weighted by Gasteiger charge is 2.29. The molecule has 1 aliphatic heterocycles. The van der Waals surface area contributed by atoms with Crippen molar-refractivity contribution in [3.63, 3.8) is 0 Å². The third kappa shape index (κ3) is 7.64. The Morgan fingerprint density at radius 1 is 1.27 bits per heavy atom. The summed E-state index contributed by atoms with van der Waals surface area (Å²) in [7, 11) is 0. The molecule has 0 saturated carbocycles. The number of carbonyl (C=O) groups is 2.